The molecular formula is C20H19N3O. The Balaban J connectivity index is 1.41. The van der Waals surface area contributed by atoms with Crippen LogP contribution in [0.4, 0.5) is 0 Å². The molecule has 2 aromatic carbocycles. The molecular weight excluding hydrogens is 298 g/mol. The van der Waals surface area contributed by atoms with Crippen molar-refractivity contribution in [1.29, 1.82) is 0 Å². The summed E-state index contributed by atoms with van der Waals surface area (Å²) in [4.78, 5) is 2.33. The lowest BCUT2D eigenvalue weighted by atomic mass is 10.00. The van der Waals surface area contributed by atoms with E-state index in [0.29, 0.717) is 18.3 Å². The molecule has 0 radical (unpaired) electrons. The highest BCUT2D eigenvalue weighted by molar-refractivity contribution is 5.66. The Hall–Kier alpha value is -2.72. The van der Waals surface area contributed by atoms with E-state index < -0.39 is 0 Å². The topological polar surface area (TPSA) is 42.2 Å². The summed E-state index contributed by atoms with van der Waals surface area (Å²) in [5.74, 6) is 1.26. The van der Waals surface area contributed by atoms with E-state index in [1.807, 2.05) is 30.3 Å². The van der Waals surface area contributed by atoms with Crippen LogP contribution in [0.2, 0.25) is 0 Å². The first-order chi connectivity index (χ1) is 11.9. The molecule has 0 fully saturated rings. The lowest BCUT2D eigenvalue weighted by Crippen LogP contribution is -2.28. The number of hydrogen-bond donors (Lipinski definition) is 0. The summed E-state index contributed by atoms with van der Waals surface area (Å²) in [7, 11) is 0. The fourth-order valence-electron chi connectivity index (χ4n) is 2.98. The summed E-state index contributed by atoms with van der Waals surface area (Å²) in [6.45, 7) is 2.61. The zero-order valence-electron chi connectivity index (χ0n) is 13.4. The second-order valence-corrected chi connectivity index (χ2v) is 5.95. The van der Waals surface area contributed by atoms with Crippen LogP contribution < -0.4 is 0 Å². The number of rotatable bonds is 4. The summed E-state index contributed by atoms with van der Waals surface area (Å²) in [6.07, 6.45) is 3.34. The minimum atomic E-state index is 0.586. The summed E-state index contributed by atoms with van der Waals surface area (Å²) < 4.78 is 5.80. The molecule has 24 heavy (non-hydrogen) atoms. The van der Waals surface area contributed by atoms with Crippen molar-refractivity contribution in [2.75, 3.05) is 13.1 Å². The van der Waals surface area contributed by atoms with Gasteiger partial charge in [0.05, 0.1) is 6.54 Å². The zero-order chi connectivity index (χ0) is 16.2. The number of benzene rings is 2. The highest BCUT2D eigenvalue weighted by atomic mass is 16.4. The molecule has 2 heterocycles. The van der Waals surface area contributed by atoms with Gasteiger partial charge < -0.3 is 4.42 Å². The molecule has 0 saturated carbocycles. The number of hydrogen-bond acceptors (Lipinski definition) is 4. The normalized spacial score (nSPS) is 15.2. The standard InChI is InChI=1S/C20H19N3O/c1-3-7-16(8-4-1)17-11-13-23(14-12-17)15-19-21-22-20(24-19)18-9-5-2-6-10-18/h1-11H,12-15H2. The van der Waals surface area contributed by atoms with Crippen LogP contribution in [0.25, 0.3) is 17.0 Å². The molecule has 0 amide bonds. The van der Waals surface area contributed by atoms with E-state index in [1.165, 1.54) is 11.1 Å². The molecule has 1 aliphatic heterocycles. The van der Waals surface area contributed by atoms with Gasteiger partial charge in [-0.25, -0.2) is 0 Å². The Morgan fingerprint density at radius 2 is 1.58 bits per heavy atom. The van der Waals surface area contributed by atoms with E-state index in [-0.39, 0.29) is 0 Å². The van der Waals surface area contributed by atoms with Crippen molar-refractivity contribution >= 4 is 5.57 Å². The van der Waals surface area contributed by atoms with Crippen LogP contribution in [0.1, 0.15) is 17.9 Å². The maximum absolute atomic E-state index is 5.80. The molecule has 0 N–H and O–H groups in total. The van der Waals surface area contributed by atoms with E-state index in [9.17, 15) is 0 Å². The van der Waals surface area contributed by atoms with Gasteiger partial charge >= 0.3 is 0 Å². The van der Waals surface area contributed by atoms with Gasteiger partial charge in [-0.05, 0) is 29.7 Å². The van der Waals surface area contributed by atoms with Crippen LogP contribution in [-0.2, 0) is 6.54 Å². The van der Waals surface area contributed by atoms with Crippen molar-refractivity contribution in [2.24, 2.45) is 0 Å². The van der Waals surface area contributed by atoms with Crippen LogP contribution >= 0.6 is 0 Å². The summed E-state index contributed by atoms with van der Waals surface area (Å²) in [6, 6.07) is 20.5. The van der Waals surface area contributed by atoms with Crippen molar-refractivity contribution in [3.05, 3.63) is 78.2 Å². The minimum Gasteiger partial charge on any atom is -0.419 e. The molecule has 0 atom stereocenters. The molecule has 4 heteroatoms. The van der Waals surface area contributed by atoms with Crippen LogP contribution in [0.3, 0.4) is 0 Å². The average Bonchev–Trinajstić information content (AvgIpc) is 3.12. The third-order valence-corrected chi connectivity index (χ3v) is 4.28. The number of aromatic nitrogens is 2. The Labute approximate surface area is 141 Å². The quantitative estimate of drug-likeness (QED) is 0.729. The molecule has 3 aromatic rings. The van der Waals surface area contributed by atoms with E-state index in [1.54, 1.807) is 0 Å². The van der Waals surface area contributed by atoms with Gasteiger partial charge in [-0.1, -0.05) is 54.6 Å². The van der Waals surface area contributed by atoms with E-state index in [0.717, 1.165) is 25.1 Å². The Kier molecular flexibility index (Phi) is 4.21. The Morgan fingerprint density at radius 3 is 2.25 bits per heavy atom. The summed E-state index contributed by atoms with van der Waals surface area (Å²) in [5.41, 5.74) is 3.70. The first-order valence-electron chi connectivity index (χ1n) is 8.23. The fraction of sp³-hybridized carbons (Fsp3) is 0.200. The minimum absolute atomic E-state index is 0.586. The van der Waals surface area contributed by atoms with Gasteiger partial charge in [0.1, 0.15) is 0 Å². The molecule has 120 valence electrons. The van der Waals surface area contributed by atoms with E-state index in [2.05, 4.69) is 51.5 Å². The van der Waals surface area contributed by atoms with Gasteiger partial charge in [0.2, 0.25) is 11.8 Å². The monoisotopic (exact) mass is 317 g/mol. The van der Waals surface area contributed by atoms with E-state index >= 15 is 0 Å². The van der Waals surface area contributed by atoms with Crippen molar-refractivity contribution < 1.29 is 4.42 Å². The third-order valence-electron chi connectivity index (χ3n) is 4.28. The molecule has 0 bridgehead atoms. The first-order valence-corrected chi connectivity index (χ1v) is 8.23. The zero-order valence-corrected chi connectivity index (χ0v) is 13.4. The largest absolute Gasteiger partial charge is 0.419 e. The average molecular weight is 317 g/mol. The third kappa shape index (κ3) is 3.29. The first kappa shape index (κ1) is 14.8. The molecule has 0 unspecified atom stereocenters. The predicted octanol–water partition coefficient (Wildman–Crippen LogP) is 4.03. The maximum atomic E-state index is 5.80. The van der Waals surface area contributed by atoms with Gasteiger partial charge in [-0.3, -0.25) is 4.90 Å². The van der Waals surface area contributed by atoms with E-state index in [4.69, 9.17) is 4.42 Å². The Morgan fingerprint density at radius 1 is 0.875 bits per heavy atom. The SMILES string of the molecule is C1=C(c2ccccc2)CCN(Cc2nnc(-c3ccccc3)o2)C1. The molecule has 0 spiro atoms. The van der Waals surface area contributed by atoms with Gasteiger partial charge in [0.15, 0.2) is 0 Å². The molecule has 0 aliphatic carbocycles. The highest BCUT2D eigenvalue weighted by Gasteiger charge is 2.16. The molecule has 1 aromatic heterocycles. The van der Waals surface area contributed by atoms with Gasteiger partial charge in [-0.2, -0.15) is 0 Å². The lowest BCUT2D eigenvalue weighted by Gasteiger charge is -2.25. The van der Waals surface area contributed by atoms with Crippen LogP contribution in [0.5, 0.6) is 0 Å². The second kappa shape index (κ2) is 6.81. The number of nitrogens with zero attached hydrogens (tertiary/aromatic N) is 3. The predicted molar refractivity (Wildman–Crippen MR) is 94.0 cm³/mol. The van der Waals surface area contributed by atoms with Gasteiger partial charge in [0.25, 0.3) is 0 Å². The fourth-order valence-corrected chi connectivity index (χ4v) is 2.98. The smallest absolute Gasteiger partial charge is 0.247 e. The summed E-state index contributed by atoms with van der Waals surface area (Å²) in [5, 5.41) is 8.34. The van der Waals surface area contributed by atoms with Crippen LogP contribution in [-0.4, -0.2) is 28.2 Å². The van der Waals surface area contributed by atoms with Gasteiger partial charge in [0, 0.05) is 18.7 Å². The molecule has 1 aliphatic rings. The van der Waals surface area contributed by atoms with Crippen LogP contribution in [0, 0.1) is 0 Å². The lowest BCUT2D eigenvalue weighted by molar-refractivity contribution is 0.263. The van der Waals surface area contributed by atoms with Crippen molar-refractivity contribution in [2.45, 2.75) is 13.0 Å². The maximum Gasteiger partial charge on any atom is 0.247 e. The second-order valence-electron chi connectivity index (χ2n) is 5.95. The summed E-state index contributed by atoms with van der Waals surface area (Å²) >= 11 is 0. The van der Waals surface area contributed by atoms with Crippen molar-refractivity contribution in [1.82, 2.24) is 15.1 Å². The van der Waals surface area contributed by atoms with Crippen LogP contribution in [0.15, 0.2) is 71.2 Å². The van der Waals surface area contributed by atoms with Crippen molar-refractivity contribution in [3.63, 3.8) is 0 Å². The molecule has 0 saturated heterocycles. The van der Waals surface area contributed by atoms with Gasteiger partial charge in [-0.15, -0.1) is 10.2 Å². The van der Waals surface area contributed by atoms with Crippen molar-refractivity contribution in [3.8, 4) is 11.5 Å². The molecule has 4 nitrogen and oxygen atoms in total. The Bertz CT molecular complexity index is 824. The highest BCUT2D eigenvalue weighted by Crippen LogP contribution is 2.23. The molecule has 4 rings (SSSR count).